The smallest absolute Gasteiger partial charge is 0.369 e. The Labute approximate surface area is 108 Å². The number of halogens is 3. The highest BCUT2D eigenvalue weighted by molar-refractivity contribution is 5.97. The SMILES string of the molecule is CC1CC1CNc1nc(C(F)(F)F)ccc1C(N)=O. The van der Waals surface area contributed by atoms with E-state index in [2.05, 4.69) is 17.2 Å². The number of nitrogens with two attached hydrogens (primary N) is 1. The first-order valence-corrected chi connectivity index (χ1v) is 5.91. The van der Waals surface area contributed by atoms with Crippen molar-refractivity contribution in [1.82, 2.24) is 4.98 Å². The number of primary amides is 1. The molecule has 0 radical (unpaired) electrons. The van der Waals surface area contributed by atoms with Crippen molar-refractivity contribution in [3.05, 3.63) is 23.4 Å². The summed E-state index contributed by atoms with van der Waals surface area (Å²) in [4.78, 5) is 14.6. The molecule has 0 aliphatic heterocycles. The Hall–Kier alpha value is -1.79. The summed E-state index contributed by atoms with van der Waals surface area (Å²) in [6.45, 7) is 2.55. The average molecular weight is 273 g/mol. The second-order valence-corrected chi connectivity index (χ2v) is 4.81. The maximum atomic E-state index is 12.6. The molecule has 2 atom stereocenters. The lowest BCUT2D eigenvalue weighted by Gasteiger charge is -2.12. The van der Waals surface area contributed by atoms with Gasteiger partial charge in [-0.25, -0.2) is 4.98 Å². The van der Waals surface area contributed by atoms with Crippen LogP contribution < -0.4 is 11.1 Å². The lowest BCUT2D eigenvalue weighted by atomic mass is 10.2. The zero-order valence-electron chi connectivity index (χ0n) is 10.3. The van der Waals surface area contributed by atoms with E-state index < -0.39 is 17.8 Å². The molecule has 1 aliphatic rings. The van der Waals surface area contributed by atoms with Gasteiger partial charge in [-0.1, -0.05) is 6.92 Å². The maximum absolute atomic E-state index is 12.6. The predicted molar refractivity (Wildman–Crippen MR) is 63.5 cm³/mol. The van der Waals surface area contributed by atoms with Crippen molar-refractivity contribution in [2.45, 2.75) is 19.5 Å². The zero-order valence-corrected chi connectivity index (χ0v) is 10.3. The normalized spacial score (nSPS) is 22.1. The van der Waals surface area contributed by atoms with E-state index in [1.807, 2.05) is 0 Å². The van der Waals surface area contributed by atoms with Gasteiger partial charge in [0.1, 0.15) is 11.5 Å². The van der Waals surface area contributed by atoms with Crippen molar-refractivity contribution in [3.63, 3.8) is 0 Å². The number of aromatic nitrogens is 1. The van der Waals surface area contributed by atoms with Gasteiger partial charge in [0.15, 0.2) is 0 Å². The molecular weight excluding hydrogens is 259 g/mol. The van der Waals surface area contributed by atoms with Crippen LogP contribution in [0.15, 0.2) is 12.1 Å². The highest BCUT2D eigenvalue weighted by atomic mass is 19.4. The number of nitrogens with zero attached hydrogens (tertiary/aromatic N) is 1. The third-order valence-corrected chi connectivity index (χ3v) is 3.26. The molecule has 1 heterocycles. The molecule has 1 saturated carbocycles. The fourth-order valence-corrected chi connectivity index (χ4v) is 1.86. The van der Waals surface area contributed by atoms with E-state index >= 15 is 0 Å². The van der Waals surface area contributed by atoms with E-state index in [1.165, 1.54) is 0 Å². The molecule has 1 aliphatic carbocycles. The van der Waals surface area contributed by atoms with Gasteiger partial charge in [0.2, 0.25) is 0 Å². The van der Waals surface area contributed by atoms with Crippen LogP contribution in [0.2, 0.25) is 0 Å². The Morgan fingerprint density at radius 2 is 2.16 bits per heavy atom. The van der Waals surface area contributed by atoms with Crippen molar-refractivity contribution in [2.24, 2.45) is 17.6 Å². The number of alkyl halides is 3. The highest BCUT2D eigenvalue weighted by Crippen LogP contribution is 2.37. The average Bonchev–Trinajstić information content (AvgIpc) is 3.01. The molecule has 0 spiro atoms. The number of hydrogen-bond donors (Lipinski definition) is 2. The van der Waals surface area contributed by atoms with Gasteiger partial charge in [-0.15, -0.1) is 0 Å². The van der Waals surface area contributed by atoms with E-state index in [-0.39, 0.29) is 11.4 Å². The molecule has 2 unspecified atom stereocenters. The molecule has 4 nitrogen and oxygen atoms in total. The van der Waals surface area contributed by atoms with Gasteiger partial charge in [-0.2, -0.15) is 13.2 Å². The van der Waals surface area contributed by atoms with Crippen LogP contribution in [0.25, 0.3) is 0 Å². The number of nitrogens with one attached hydrogen (secondary N) is 1. The van der Waals surface area contributed by atoms with Crippen LogP contribution in [0.1, 0.15) is 29.4 Å². The Morgan fingerprint density at radius 1 is 1.53 bits per heavy atom. The fourth-order valence-electron chi connectivity index (χ4n) is 1.86. The monoisotopic (exact) mass is 273 g/mol. The standard InChI is InChI=1S/C12H14F3N3O/c1-6-4-7(6)5-17-11-8(10(16)19)2-3-9(18-11)12(13,14)15/h2-3,6-7H,4-5H2,1H3,(H2,16,19)(H,17,18). The molecule has 0 saturated heterocycles. The first kappa shape index (κ1) is 13.6. The van der Waals surface area contributed by atoms with Gasteiger partial charge in [0.05, 0.1) is 5.56 Å². The number of rotatable bonds is 4. The molecule has 2 rings (SSSR count). The van der Waals surface area contributed by atoms with Crippen molar-refractivity contribution >= 4 is 11.7 Å². The number of anilines is 1. The van der Waals surface area contributed by atoms with E-state index in [0.29, 0.717) is 18.4 Å². The van der Waals surface area contributed by atoms with Crippen LogP contribution in [0.3, 0.4) is 0 Å². The van der Waals surface area contributed by atoms with Crippen LogP contribution in [0.4, 0.5) is 19.0 Å². The number of pyridine rings is 1. The largest absolute Gasteiger partial charge is 0.433 e. The minimum Gasteiger partial charge on any atom is -0.369 e. The van der Waals surface area contributed by atoms with Gasteiger partial charge in [-0.3, -0.25) is 4.79 Å². The first-order chi connectivity index (χ1) is 8.79. The van der Waals surface area contributed by atoms with E-state index in [4.69, 9.17) is 5.73 Å². The predicted octanol–water partition coefficient (Wildman–Crippen LogP) is 2.27. The third-order valence-electron chi connectivity index (χ3n) is 3.26. The van der Waals surface area contributed by atoms with Crippen molar-refractivity contribution in [2.75, 3.05) is 11.9 Å². The summed E-state index contributed by atoms with van der Waals surface area (Å²) in [5, 5.41) is 2.79. The van der Waals surface area contributed by atoms with Crippen LogP contribution in [0.5, 0.6) is 0 Å². The van der Waals surface area contributed by atoms with E-state index in [0.717, 1.165) is 18.6 Å². The maximum Gasteiger partial charge on any atom is 0.433 e. The highest BCUT2D eigenvalue weighted by Gasteiger charge is 2.35. The number of hydrogen-bond acceptors (Lipinski definition) is 3. The lowest BCUT2D eigenvalue weighted by molar-refractivity contribution is -0.141. The van der Waals surface area contributed by atoms with Crippen LogP contribution in [-0.2, 0) is 6.18 Å². The Morgan fingerprint density at radius 3 is 2.63 bits per heavy atom. The summed E-state index contributed by atoms with van der Waals surface area (Å²) in [6, 6.07) is 1.81. The summed E-state index contributed by atoms with van der Waals surface area (Å²) in [7, 11) is 0. The summed E-state index contributed by atoms with van der Waals surface area (Å²) in [5.74, 6) is 0.0707. The molecule has 1 fully saturated rings. The van der Waals surface area contributed by atoms with Crippen molar-refractivity contribution < 1.29 is 18.0 Å². The van der Waals surface area contributed by atoms with Crippen molar-refractivity contribution in [1.29, 1.82) is 0 Å². The second-order valence-electron chi connectivity index (χ2n) is 4.81. The number of carbonyl (C=O) groups is 1. The molecule has 0 bridgehead atoms. The van der Waals surface area contributed by atoms with Gasteiger partial charge < -0.3 is 11.1 Å². The molecular formula is C12H14F3N3O. The van der Waals surface area contributed by atoms with Crippen LogP contribution in [0, 0.1) is 11.8 Å². The summed E-state index contributed by atoms with van der Waals surface area (Å²) in [5.41, 5.74) is 4.06. The lowest BCUT2D eigenvalue weighted by Crippen LogP contribution is -2.19. The molecule has 19 heavy (non-hydrogen) atoms. The molecule has 7 heteroatoms. The fraction of sp³-hybridized carbons (Fsp3) is 0.500. The molecule has 3 N–H and O–H groups in total. The molecule has 1 aromatic heterocycles. The molecule has 0 aromatic carbocycles. The summed E-state index contributed by atoms with van der Waals surface area (Å²) in [6.07, 6.45) is -3.52. The Bertz CT molecular complexity index is 501. The van der Waals surface area contributed by atoms with Gasteiger partial charge >= 0.3 is 6.18 Å². The topological polar surface area (TPSA) is 68.0 Å². The van der Waals surface area contributed by atoms with Crippen LogP contribution >= 0.6 is 0 Å². The second kappa shape index (κ2) is 4.71. The minimum absolute atomic E-state index is 0.0266. The molecule has 1 aromatic rings. The summed E-state index contributed by atoms with van der Waals surface area (Å²) >= 11 is 0. The van der Waals surface area contributed by atoms with Crippen LogP contribution in [-0.4, -0.2) is 17.4 Å². The Kier molecular flexibility index (Phi) is 3.38. The number of amides is 1. The van der Waals surface area contributed by atoms with Crippen molar-refractivity contribution in [3.8, 4) is 0 Å². The zero-order chi connectivity index (χ0) is 14.2. The molecule has 1 amide bonds. The number of carbonyl (C=O) groups excluding carboxylic acids is 1. The Balaban J connectivity index is 2.22. The quantitative estimate of drug-likeness (QED) is 0.884. The summed E-state index contributed by atoms with van der Waals surface area (Å²) < 4.78 is 37.7. The molecule has 104 valence electrons. The third kappa shape index (κ3) is 3.15. The van der Waals surface area contributed by atoms with E-state index in [9.17, 15) is 18.0 Å². The van der Waals surface area contributed by atoms with Gasteiger partial charge in [0.25, 0.3) is 5.91 Å². The van der Waals surface area contributed by atoms with Gasteiger partial charge in [-0.05, 0) is 30.4 Å². The van der Waals surface area contributed by atoms with Gasteiger partial charge in [0, 0.05) is 6.54 Å². The first-order valence-electron chi connectivity index (χ1n) is 5.91. The van der Waals surface area contributed by atoms with E-state index in [1.54, 1.807) is 0 Å². The minimum atomic E-state index is -4.54.